The van der Waals surface area contributed by atoms with Crippen LogP contribution < -0.4 is 5.32 Å². The molecule has 1 rings (SSSR count). The number of halogens is 1. The van der Waals surface area contributed by atoms with Crippen molar-refractivity contribution in [2.75, 3.05) is 20.1 Å². The van der Waals surface area contributed by atoms with Crippen LogP contribution >= 0.6 is 12.4 Å². The molecule has 90 valence electrons. The largest absolute Gasteiger partial charge is 0.444 e. The number of rotatable bonds is 1. The Kier molecular flexibility index (Phi) is 5.38. The summed E-state index contributed by atoms with van der Waals surface area (Å²) in [5.74, 6) is 0. The molecule has 1 fully saturated rings. The van der Waals surface area contributed by atoms with Crippen LogP contribution in [0.2, 0.25) is 0 Å². The number of amides is 1. The van der Waals surface area contributed by atoms with Crippen LogP contribution in [0.15, 0.2) is 0 Å². The van der Waals surface area contributed by atoms with Crippen LogP contribution in [0.4, 0.5) is 4.79 Å². The van der Waals surface area contributed by atoms with Gasteiger partial charge in [0, 0.05) is 19.6 Å². The van der Waals surface area contributed by atoms with Crippen molar-refractivity contribution in [3.8, 4) is 0 Å². The van der Waals surface area contributed by atoms with E-state index in [1.807, 2.05) is 20.8 Å². The lowest BCUT2D eigenvalue weighted by molar-refractivity contribution is 0.0236. The van der Waals surface area contributed by atoms with Crippen LogP contribution in [0.3, 0.4) is 0 Å². The summed E-state index contributed by atoms with van der Waals surface area (Å²) >= 11 is 0. The third-order valence-corrected chi connectivity index (χ3v) is 2.26. The molecule has 0 aliphatic carbocycles. The summed E-state index contributed by atoms with van der Waals surface area (Å²) in [6.45, 7) is 7.50. The van der Waals surface area contributed by atoms with Crippen molar-refractivity contribution in [2.45, 2.75) is 38.8 Å². The first-order valence-corrected chi connectivity index (χ1v) is 5.06. The van der Waals surface area contributed by atoms with E-state index in [4.69, 9.17) is 4.74 Å². The van der Waals surface area contributed by atoms with Gasteiger partial charge >= 0.3 is 6.09 Å². The van der Waals surface area contributed by atoms with E-state index >= 15 is 0 Å². The Hall–Kier alpha value is -0.480. The van der Waals surface area contributed by atoms with Crippen LogP contribution in [0.1, 0.15) is 27.2 Å². The molecular formula is C10H21ClN2O2. The van der Waals surface area contributed by atoms with Gasteiger partial charge in [-0.1, -0.05) is 0 Å². The Morgan fingerprint density at radius 2 is 2.07 bits per heavy atom. The van der Waals surface area contributed by atoms with Crippen LogP contribution in [0.5, 0.6) is 0 Å². The molecule has 0 spiro atoms. The molecular weight excluding hydrogens is 216 g/mol. The van der Waals surface area contributed by atoms with E-state index in [9.17, 15) is 4.79 Å². The molecule has 0 saturated carbocycles. The fourth-order valence-corrected chi connectivity index (χ4v) is 1.45. The highest BCUT2D eigenvalue weighted by molar-refractivity contribution is 5.85. The van der Waals surface area contributed by atoms with Gasteiger partial charge in [0.05, 0.1) is 0 Å². The molecule has 0 aromatic carbocycles. The molecule has 0 unspecified atom stereocenters. The van der Waals surface area contributed by atoms with Crippen LogP contribution in [-0.4, -0.2) is 42.8 Å². The zero-order valence-corrected chi connectivity index (χ0v) is 10.7. The van der Waals surface area contributed by atoms with E-state index in [-0.39, 0.29) is 24.5 Å². The van der Waals surface area contributed by atoms with Gasteiger partial charge in [0.25, 0.3) is 0 Å². The normalized spacial score (nSPS) is 20.7. The summed E-state index contributed by atoms with van der Waals surface area (Å²) in [7, 11) is 1.80. The van der Waals surface area contributed by atoms with Gasteiger partial charge in [-0.15, -0.1) is 12.4 Å². The molecule has 1 amide bonds. The molecule has 0 aromatic heterocycles. The molecule has 5 heteroatoms. The second kappa shape index (κ2) is 5.56. The zero-order valence-electron chi connectivity index (χ0n) is 9.87. The molecule has 1 N–H and O–H groups in total. The standard InChI is InChI=1S/C10H20N2O2.ClH/c1-10(2,3)14-9(13)12(4)8-5-6-11-7-8;/h8,11H,5-7H2,1-4H3;1H/t8-;/m0./s1. The third-order valence-electron chi connectivity index (χ3n) is 2.26. The van der Waals surface area contributed by atoms with E-state index in [1.54, 1.807) is 11.9 Å². The van der Waals surface area contributed by atoms with E-state index < -0.39 is 5.60 Å². The van der Waals surface area contributed by atoms with Gasteiger partial charge in [-0.05, 0) is 33.7 Å². The number of hydrogen-bond acceptors (Lipinski definition) is 3. The SMILES string of the molecule is CN(C(=O)OC(C)(C)C)[C@H]1CCNC1.Cl. The lowest BCUT2D eigenvalue weighted by Crippen LogP contribution is -2.41. The second-order valence-electron chi connectivity index (χ2n) is 4.74. The van der Waals surface area contributed by atoms with Crippen molar-refractivity contribution >= 4 is 18.5 Å². The number of hydrogen-bond donors (Lipinski definition) is 1. The highest BCUT2D eigenvalue weighted by Crippen LogP contribution is 2.13. The first-order chi connectivity index (χ1) is 6.40. The van der Waals surface area contributed by atoms with E-state index in [0.29, 0.717) is 0 Å². The zero-order chi connectivity index (χ0) is 10.8. The number of ether oxygens (including phenoxy) is 1. The first kappa shape index (κ1) is 14.5. The molecule has 0 bridgehead atoms. The number of carbonyl (C=O) groups excluding carboxylic acids is 1. The summed E-state index contributed by atoms with van der Waals surface area (Å²) in [6.07, 6.45) is 0.779. The number of nitrogens with zero attached hydrogens (tertiary/aromatic N) is 1. The maximum Gasteiger partial charge on any atom is 0.410 e. The fourth-order valence-electron chi connectivity index (χ4n) is 1.45. The summed E-state index contributed by atoms with van der Waals surface area (Å²) in [5.41, 5.74) is -0.405. The van der Waals surface area contributed by atoms with Gasteiger partial charge < -0.3 is 15.0 Å². The quantitative estimate of drug-likeness (QED) is 0.753. The predicted molar refractivity (Wildman–Crippen MR) is 62.5 cm³/mol. The maximum atomic E-state index is 11.6. The molecule has 1 atom stereocenters. The van der Waals surface area contributed by atoms with Gasteiger partial charge in [0.1, 0.15) is 5.60 Å². The Bertz CT molecular complexity index is 210. The summed E-state index contributed by atoms with van der Waals surface area (Å²) in [4.78, 5) is 13.3. The number of nitrogens with one attached hydrogen (secondary N) is 1. The van der Waals surface area contributed by atoms with Crippen molar-refractivity contribution in [3.63, 3.8) is 0 Å². The minimum absolute atomic E-state index is 0. The number of carbonyl (C=O) groups is 1. The monoisotopic (exact) mass is 236 g/mol. The second-order valence-corrected chi connectivity index (χ2v) is 4.74. The van der Waals surface area contributed by atoms with E-state index in [0.717, 1.165) is 19.5 Å². The fraction of sp³-hybridized carbons (Fsp3) is 0.900. The topological polar surface area (TPSA) is 41.6 Å². The minimum atomic E-state index is -0.405. The Labute approximate surface area is 97.8 Å². The lowest BCUT2D eigenvalue weighted by atomic mass is 10.2. The number of likely N-dealkylation sites (N-methyl/N-ethyl adjacent to an activating group) is 1. The smallest absolute Gasteiger partial charge is 0.410 e. The summed E-state index contributed by atoms with van der Waals surface area (Å²) in [5, 5.41) is 3.22. The van der Waals surface area contributed by atoms with Crippen LogP contribution in [0.25, 0.3) is 0 Å². The molecule has 0 radical (unpaired) electrons. The molecule has 1 aliphatic heterocycles. The van der Waals surface area contributed by atoms with E-state index in [2.05, 4.69) is 5.32 Å². The van der Waals surface area contributed by atoms with Gasteiger partial charge in [0.15, 0.2) is 0 Å². The van der Waals surface area contributed by atoms with Crippen molar-refractivity contribution in [3.05, 3.63) is 0 Å². The maximum absolute atomic E-state index is 11.6. The first-order valence-electron chi connectivity index (χ1n) is 5.06. The van der Waals surface area contributed by atoms with Gasteiger partial charge in [0.2, 0.25) is 0 Å². The molecule has 1 heterocycles. The van der Waals surface area contributed by atoms with Gasteiger partial charge in [-0.25, -0.2) is 4.79 Å². The highest BCUT2D eigenvalue weighted by Gasteiger charge is 2.26. The van der Waals surface area contributed by atoms with Gasteiger partial charge in [-0.2, -0.15) is 0 Å². The van der Waals surface area contributed by atoms with Gasteiger partial charge in [-0.3, -0.25) is 0 Å². The predicted octanol–water partition coefficient (Wildman–Crippen LogP) is 1.64. The van der Waals surface area contributed by atoms with E-state index in [1.165, 1.54) is 0 Å². The summed E-state index contributed by atoms with van der Waals surface area (Å²) < 4.78 is 5.27. The average molecular weight is 237 g/mol. The summed E-state index contributed by atoms with van der Waals surface area (Å²) in [6, 6.07) is 0.282. The molecule has 1 saturated heterocycles. The molecule has 1 aliphatic rings. The minimum Gasteiger partial charge on any atom is -0.444 e. The van der Waals surface area contributed by atoms with Crippen LogP contribution in [0, 0.1) is 0 Å². The molecule has 0 aromatic rings. The van der Waals surface area contributed by atoms with Crippen molar-refractivity contribution in [1.29, 1.82) is 0 Å². The Morgan fingerprint density at radius 1 is 1.47 bits per heavy atom. The van der Waals surface area contributed by atoms with Crippen LogP contribution in [-0.2, 0) is 4.74 Å². The van der Waals surface area contributed by atoms with Crippen molar-refractivity contribution in [1.82, 2.24) is 10.2 Å². The molecule has 15 heavy (non-hydrogen) atoms. The molecule has 4 nitrogen and oxygen atoms in total. The Morgan fingerprint density at radius 3 is 2.47 bits per heavy atom. The lowest BCUT2D eigenvalue weighted by Gasteiger charge is -2.28. The van der Waals surface area contributed by atoms with Crippen molar-refractivity contribution < 1.29 is 9.53 Å². The third kappa shape index (κ3) is 4.71. The Balaban J connectivity index is 0.00000196. The average Bonchev–Trinajstić information content (AvgIpc) is 2.51. The highest BCUT2D eigenvalue weighted by atomic mass is 35.5. The van der Waals surface area contributed by atoms with Crippen molar-refractivity contribution in [2.24, 2.45) is 0 Å².